The molecule has 1 aromatic rings. The van der Waals surface area contributed by atoms with Gasteiger partial charge in [-0.1, -0.05) is 13.0 Å². The molecule has 3 aliphatic carbocycles. The third kappa shape index (κ3) is 7.00. The molecule has 44 heavy (non-hydrogen) atoms. The van der Waals surface area contributed by atoms with E-state index in [1.165, 1.54) is 5.56 Å². The van der Waals surface area contributed by atoms with Crippen LogP contribution in [0.2, 0.25) is 0 Å². The number of rotatable bonds is 10. The SMILES string of the molecule is CN1CCC(OC(=O)Oc2ccc3c(c2)C[C@@H](CCCS(=O)CCCC(F)(F)C(F)(F)F)[C@@H]2[C@@H]3CC[C@]3(C)C(=O)CC[C@@H]23)C1. The third-order valence-corrected chi connectivity index (χ3v) is 12.1. The number of likely N-dealkylation sites (tertiary alicyclic amines) is 1. The largest absolute Gasteiger partial charge is 0.514 e. The first-order valence-electron chi connectivity index (χ1n) is 15.7. The summed E-state index contributed by atoms with van der Waals surface area (Å²) in [5.74, 6) is -3.13. The number of hydrogen-bond acceptors (Lipinski definition) is 6. The van der Waals surface area contributed by atoms with E-state index in [1.54, 1.807) is 6.07 Å². The van der Waals surface area contributed by atoms with E-state index in [2.05, 4.69) is 11.8 Å². The summed E-state index contributed by atoms with van der Waals surface area (Å²) in [6, 6.07) is 5.73. The smallest absolute Gasteiger partial charge is 0.429 e. The molecule has 0 N–H and O–H groups in total. The Bertz CT molecular complexity index is 1260. The van der Waals surface area contributed by atoms with Crippen molar-refractivity contribution in [3.63, 3.8) is 0 Å². The Hall–Kier alpha value is -2.08. The summed E-state index contributed by atoms with van der Waals surface area (Å²) in [7, 11) is 0.463. The van der Waals surface area contributed by atoms with Gasteiger partial charge in [-0.15, -0.1) is 0 Å². The van der Waals surface area contributed by atoms with Crippen LogP contribution in [-0.2, 0) is 26.8 Å². The zero-order valence-corrected chi connectivity index (χ0v) is 26.1. The van der Waals surface area contributed by atoms with Gasteiger partial charge >= 0.3 is 18.3 Å². The molecule has 1 aliphatic heterocycles. The van der Waals surface area contributed by atoms with Crippen LogP contribution in [0.1, 0.15) is 81.8 Å². The molecule has 2 saturated carbocycles. The van der Waals surface area contributed by atoms with Gasteiger partial charge in [-0.2, -0.15) is 22.0 Å². The molecule has 7 atom stereocenters. The van der Waals surface area contributed by atoms with Gasteiger partial charge in [0.25, 0.3) is 0 Å². The average Bonchev–Trinajstić information content (AvgIpc) is 3.48. The van der Waals surface area contributed by atoms with Crippen molar-refractivity contribution in [1.82, 2.24) is 4.90 Å². The number of Topliss-reactive ketones (excluding diaryl/α,β-unsaturated/α-hetero) is 1. The van der Waals surface area contributed by atoms with E-state index < -0.39 is 41.9 Å². The Kier molecular flexibility index (Phi) is 9.81. The molecule has 4 aliphatic rings. The molecule has 0 aromatic heterocycles. The van der Waals surface area contributed by atoms with Crippen molar-refractivity contribution in [3.8, 4) is 5.75 Å². The minimum Gasteiger partial charge on any atom is -0.429 e. The Morgan fingerprint density at radius 1 is 1.11 bits per heavy atom. The molecule has 5 rings (SSSR count). The minimum absolute atomic E-state index is 0.172. The topological polar surface area (TPSA) is 72.9 Å². The molecule has 1 aromatic carbocycles. The molecule has 0 radical (unpaired) electrons. The maximum Gasteiger partial charge on any atom is 0.514 e. The van der Waals surface area contributed by atoms with Crippen molar-refractivity contribution in [2.45, 2.75) is 95.3 Å². The summed E-state index contributed by atoms with van der Waals surface area (Å²) in [6.45, 7) is 3.61. The molecular weight excluding hydrogens is 605 g/mol. The number of benzene rings is 1. The number of alkyl halides is 5. The minimum atomic E-state index is -5.60. The summed E-state index contributed by atoms with van der Waals surface area (Å²) in [6.07, 6.45) is -2.58. The van der Waals surface area contributed by atoms with Gasteiger partial charge < -0.3 is 14.4 Å². The maximum absolute atomic E-state index is 13.2. The van der Waals surface area contributed by atoms with Crippen LogP contribution in [0.25, 0.3) is 0 Å². The predicted octanol–water partition coefficient (Wildman–Crippen LogP) is 7.06. The van der Waals surface area contributed by atoms with Crippen LogP contribution in [0.3, 0.4) is 0 Å². The van der Waals surface area contributed by atoms with Crippen molar-refractivity contribution in [2.24, 2.45) is 23.2 Å². The van der Waals surface area contributed by atoms with Crippen LogP contribution in [0.5, 0.6) is 5.75 Å². The van der Waals surface area contributed by atoms with Gasteiger partial charge in [0.1, 0.15) is 17.6 Å². The lowest BCUT2D eigenvalue weighted by atomic mass is 9.52. The number of likely N-dealkylation sites (N-methyl/N-ethyl adjacent to an activating group) is 1. The van der Waals surface area contributed by atoms with Crippen LogP contribution >= 0.6 is 0 Å². The van der Waals surface area contributed by atoms with Crippen molar-refractivity contribution < 1.29 is 45.2 Å². The van der Waals surface area contributed by atoms with E-state index in [4.69, 9.17) is 9.47 Å². The maximum atomic E-state index is 13.2. The molecule has 1 heterocycles. The monoisotopic (exact) mass is 647 g/mol. The fourth-order valence-corrected chi connectivity index (χ4v) is 9.50. The lowest BCUT2D eigenvalue weighted by Crippen LogP contribution is -2.46. The van der Waals surface area contributed by atoms with Crippen LogP contribution in [0, 0.1) is 23.2 Å². The Balaban J connectivity index is 1.25. The molecule has 2 unspecified atom stereocenters. The van der Waals surface area contributed by atoms with E-state index in [0.29, 0.717) is 43.8 Å². The van der Waals surface area contributed by atoms with E-state index in [0.717, 1.165) is 37.8 Å². The highest BCUT2D eigenvalue weighted by Crippen LogP contribution is 2.61. The van der Waals surface area contributed by atoms with E-state index in [-0.39, 0.29) is 46.7 Å². The van der Waals surface area contributed by atoms with Crippen molar-refractivity contribution in [3.05, 3.63) is 29.3 Å². The number of ether oxygens (including phenoxy) is 2. The fraction of sp³-hybridized carbons (Fsp3) is 0.750. The third-order valence-electron chi connectivity index (χ3n) is 10.6. The van der Waals surface area contributed by atoms with E-state index in [1.807, 2.05) is 19.2 Å². The van der Waals surface area contributed by atoms with Crippen LogP contribution in [0.15, 0.2) is 18.2 Å². The fourth-order valence-electron chi connectivity index (χ4n) is 8.34. The van der Waals surface area contributed by atoms with Crippen molar-refractivity contribution >= 4 is 22.7 Å². The summed E-state index contributed by atoms with van der Waals surface area (Å²) < 4.78 is 87.4. The van der Waals surface area contributed by atoms with Gasteiger partial charge in [0, 0.05) is 53.7 Å². The number of hydrogen-bond donors (Lipinski definition) is 0. The zero-order chi connectivity index (χ0) is 31.9. The average molecular weight is 648 g/mol. The number of halogens is 5. The van der Waals surface area contributed by atoms with Gasteiger partial charge in [0.05, 0.1) is 0 Å². The number of ketones is 1. The standard InChI is InChI=1S/C32H42F5NO5S/c1-30-13-10-25-24-7-6-22(42-29(40)43-23-11-14-38(2)19-23)18-21(24)17-20(28(25)26(30)8-9-27(30)39)5-3-15-44(41)16-4-12-31(33,34)32(35,36)37/h6-7,18,20,23,25-26,28H,3-5,8-17,19H2,1-2H3/t20-,23?,25-,26+,28-,30+,44?/m1/s1. The zero-order valence-electron chi connectivity index (χ0n) is 25.3. The molecule has 12 heteroatoms. The second kappa shape index (κ2) is 13.0. The summed E-state index contributed by atoms with van der Waals surface area (Å²) in [5.41, 5.74) is 1.93. The molecule has 3 fully saturated rings. The predicted molar refractivity (Wildman–Crippen MR) is 155 cm³/mol. The van der Waals surface area contributed by atoms with Gasteiger partial charge in [0.2, 0.25) is 0 Å². The summed E-state index contributed by atoms with van der Waals surface area (Å²) in [4.78, 5) is 27.5. The van der Waals surface area contributed by atoms with E-state index in [9.17, 15) is 35.8 Å². The Morgan fingerprint density at radius 2 is 1.86 bits per heavy atom. The normalized spacial score (nSPS) is 31.2. The van der Waals surface area contributed by atoms with Gasteiger partial charge in [-0.25, -0.2) is 4.79 Å². The summed E-state index contributed by atoms with van der Waals surface area (Å²) >= 11 is 0. The summed E-state index contributed by atoms with van der Waals surface area (Å²) in [5, 5.41) is 0. The highest BCUT2D eigenvalue weighted by Gasteiger charge is 2.57. The first-order chi connectivity index (χ1) is 20.7. The number of carbonyl (C=O) groups excluding carboxylic acids is 2. The van der Waals surface area contributed by atoms with E-state index >= 15 is 0 Å². The lowest BCUT2D eigenvalue weighted by Gasteiger charge is -2.51. The second-order valence-corrected chi connectivity index (χ2v) is 15.2. The van der Waals surface area contributed by atoms with Gasteiger partial charge in [0.15, 0.2) is 0 Å². The molecule has 246 valence electrons. The molecule has 1 saturated heterocycles. The second-order valence-electron chi connectivity index (χ2n) is 13.5. The van der Waals surface area contributed by atoms with Crippen LogP contribution in [0.4, 0.5) is 26.7 Å². The highest BCUT2D eigenvalue weighted by atomic mass is 32.2. The lowest BCUT2D eigenvalue weighted by molar-refractivity contribution is -0.284. The first-order valence-corrected chi connectivity index (χ1v) is 17.2. The van der Waals surface area contributed by atoms with Crippen molar-refractivity contribution in [2.75, 3.05) is 31.6 Å². The Labute approximate surface area is 257 Å². The number of carbonyl (C=O) groups is 2. The molecule has 6 nitrogen and oxygen atoms in total. The molecule has 0 spiro atoms. The quantitative estimate of drug-likeness (QED) is 0.154. The molecule has 0 amide bonds. The Morgan fingerprint density at radius 3 is 2.57 bits per heavy atom. The number of fused-ring (bicyclic) bond motifs is 5. The van der Waals surface area contributed by atoms with Gasteiger partial charge in [-0.05, 0) is 105 Å². The highest BCUT2D eigenvalue weighted by molar-refractivity contribution is 7.84. The molecular formula is C32H42F5NO5S. The number of nitrogens with zero attached hydrogens (tertiary/aromatic N) is 1. The molecule has 0 bridgehead atoms. The first kappa shape index (κ1) is 33.3. The van der Waals surface area contributed by atoms with Crippen LogP contribution in [-0.4, -0.2) is 70.9 Å². The van der Waals surface area contributed by atoms with Crippen LogP contribution < -0.4 is 4.74 Å². The van der Waals surface area contributed by atoms with Gasteiger partial charge in [-0.3, -0.25) is 9.00 Å². The van der Waals surface area contributed by atoms with Crippen molar-refractivity contribution in [1.29, 1.82) is 0 Å².